The Labute approximate surface area is 172 Å². The SMILES string of the molecule is CC(C)(C)OC(=O)NCCc1cn(S(=O)(=O)C2(C)C=CC=CC2)c2ccccc12. The van der Waals surface area contributed by atoms with Gasteiger partial charge in [-0.15, -0.1) is 0 Å². The first-order valence-corrected chi connectivity index (χ1v) is 11.1. The summed E-state index contributed by atoms with van der Waals surface area (Å²) in [6, 6.07) is 7.43. The summed E-state index contributed by atoms with van der Waals surface area (Å²) in [5, 5.41) is 3.59. The van der Waals surface area contributed by atoms with Gasteiger partial charge in [-0.2, -0.15) is 0 Å². The standard InChI is InChI=1S/C22H28N2O4S/c1-21(2,3)28-20(25)23-15-12-17-16-24(19-11-7-6-10-18(17)19)29(26,27)22(4)13-8-5-9-14-22/h5-11,13,16H,12,14-15H2,1-4H3,(H,23,25). The van der Waals surface area contributed by atoms with Crippen molar-refractivity contribution in [2.45, 2.75) is 50.9 Å². The number of carbonyl (C=O) groups is 1. The fourth-order valence-electron chi connectivity index (χ4n) is 3.35. The first-order valence-electron chi connectivity index (χ1n) is 9.69. The Bertz CT molecular complexity index is 1070. The van der Waals surface area contributed by atoms with E-state index in [2.05, 4.69) is 5.32 Å². The number of nitrogens with one attached hydrogen (secondary N) is 1. The molecule has 1 aromatic carbocycles. The summed E-state index contributed by atoms with van der Waals surface area (Å²) in [4.78, 5) is 11.9. The van der Waals surface area contributed by atoms with Gasteiger partial charge in [0.15, 0.2) is 0 Å². The Morgan fingerprint density at radius 2 is 1.97 bits per heavy atom. The summed E-state index contributed by atoms with van der Waals surface area (Å²) in [7, 11) is -3.67. The van der Waals surface area contributed by atoms with Gasteiger partial charge in [0.25, 0.3) is 0 Å². The quantitative estimate of drug-likeness (QED) is 0.794. The molecule has 0 saturated carbocycles. The molecule has 0 saturated heterocycles. The van der Waals surface area contributed by atoms with Crippen LogP contribution < -0.4 is 5.32 Å². The number of allylic oxidation sites excluding steroid dienone is 3. The molecule has 0 aliphatic heterocycles. The highest BCUT2D eigenvalue weighted by atomic mass is 32.2. The van der Waals surface area contributed by atoms with Crippen LogP contribution in [0, 0.1) is 0 Å². The first-order chi connectivity index (χ1) is 13.5. The molecule has 3 rings (SSSR count). The van der Waals surface area contributed by atoms with Gasteiger partial charge < -0.3 is 10.1 Å². The summed E-state index contributed by atoms with van der Waals surface area (Å²) in [6.07, 6.45) is 9.35. The number of benzene rings is 1. The van der Waals surface area contributed by atoms with Gasteiger partial charge in [-0.3, -0.25) is 0 Å². The van der Waals surface area contributed by atoms with E-state index in [-0.39, 0.29) is 0 Å². The fraction of sp³-hybridized carbons (Fsp3) is 0.409. The second-order valence-corrected chi connectivity index (χ2v) is 10.7. The average Bonchev–Trinajstić information content (AvgIpc) is 3.00. The van der Waals surface area contributed by atoms with Crippen molar-refractivity contribution in [2.75, 3.05) is 6.54 Å². The van der Waals surface area contributed by atoms with Gasteiger partial charge in [0, 0.05) is 18.1 Å². The second kappa shape index (κ2) is 7.71. The highest BCUT2D eigenvalue weighted by molar-refractivity contribution is 7.91. The van der Waals surface area contributed by atoms with Crippen LogP contribution in [-0.4, -0.2) is 35.4 Å². The Morgan fingerprint density at radius 3 is 2.62 bits per heavy atom. The van der Waals surface area contributed by atoms with Crippen molar-refractivity contribution < 1.29 is 17.9 Å². The molecule has 7 heteroatoms. The summed E-state index contributed by atoms with van der Waals surface area (Å²) >= 11 is 0. The fourth-order valence-corrected chi connectivity index (χ4v) is 5.04. The molecule has 1 unspecified atom stereocenters. The van der Waals surface area contributed by atoms with Crippen LogP contribution in [0.5, 0.6) is 0 Å². The predicted octanol–water partition coefficient (Wildman–Crippen LogP) is 4.16. The van der Waals surface area contributed by atoms with Crippen LogP contribution in [0.1, 0.15) is 39.7 Å². The molecular weight excluding hydrogens is 388 g/mol. The largest absolute Gasteiger partial charge is 0.444 e. The minimum Gasteiger partial charge on any atom is -0.444 e. The average molecular weight is 417 g/mol. The number of rotatable bonds is 5. The Balaban J connectivity index is 1.87. The Morgan fingerprint density at radius 1 is 1.24 bits per heavy atom. The zero-order chi connectivity index (χ0) is 21.3. The number of carbonyl (C=O) groups excluding carboxylic acids is 1. The molecular formula is C22H28N2O4S. The van der Waals surface area contributed by atoms with Crippen molar-refractivity contribution in [3.8, 4) is 0 Å². The highest BCUT2D eigenvalue weighted by Crippen LogP contribution is 2.32. The van der Waals surface area contributed by atoms with Crippen LogP contribution in [-0.2, 0) is 21.2 Å². The van der Waals surface area contributed by atoms with E-state index in [4.69, 9.17) is 4.74 Å². The third kappa shape index (κ3) is 4.40. The monoisotopic (exact) mass is 416 g/mol. The lowest BCUT2D eigenvalue weighted by Gasteiger charge is -2.27. The number of alkyl carbamates (subject to hydrolysis) is 1. The van der Waals surface area contributed by atoms with Gasteiger partial charge in [0.1, 0.15) is 10.3 Å². The summed E-state index contributed by atoms with van der Waals surface area (Å²) in [5.74, 6) is 0. The van der Waals surface area contributed by atoms with Crippen molar-refractivity contribution in [1.29, 1.82) is 0 Å². The van der Waals surface area contributed by atoms with E-state index in [0.29, 0.717) is 24.9 Å². The predicted molar refractivity (Wildman–Crippen MR) is 115 cm³/mol. The highest BCUT2D eigenvalue weighted by Gasteiger charge is 2.38. The number of hydrogen-bond acceptors (Lipinski definition) is 4. The van der Waals surface area contributed by atoms with Gasteiger partial charge in [0.2, 0.25) is 10.0 Å². The molecule has 1 amide bonds. The lowest BCUT2D eigenvalue weighted by atomic mass is 10.0. The Kier molecular flexibility index (Phi) is 5.63. The van der Waals surface area contributed by atoms with Gasteiger partial charge in [-0.1, -0.05) is 42.5 Å². The molecule has 1 atom stereocenters. The van der Waals surface area contributed by atoms with Gasteiger partial charge in [0.05, 0.1) is 5.52 Å². The summed E-state index contributed by atoms with van der Waals surface area (Å²) in [5.41, 5.74) is 0.939. The number of aromatic nitrogens is 1. The van der Waals surface area contributed by atoms with Gasteiger partial charge in [-0.05, 0) is 52.2 Å². The van der Waals surface area contributed by atoms with E-state index < -0.39 is 26.5 Å². The molecule has 1 aromatic heterocycles. The maximum atomic E-state index is 13.5. The van der Waals surface area contributed by atoms with E-state index in [9.17, 15) is 13.2 Å². The summed E-state index contributed by atoms with van der Waals surface area (Å²) < 4.78 is 32.6. The maximum absolute atomic E-state index is 13.5. The molecule has 156 valence electrons. The third-order valence-electron chi connectivity index (χ3n) is 4.89. The number of ether oxygens (including phenoxy) is 1. The molecule has 1 aliphatic carbocycles. The molecule has 0 radical (unpaired) electrons. The molecule has 1 aliphatic rings. The minimum absolute atomic E-state index is 0.350. The van der Waals surface area contributed by atoms with E-state index in [0.717, 1.165) is 10.9 Å². The smallest absolute Gasteiger partial charge is 0.407 e. The number of para-hydroxylation sites is 1. The third-order valence-corrected chi connectivity index (χ3v) is 7.19. The number of fused-ring (bicyclic) bond motifs is 1. The molecule has 0 fully saturated rings. The van der Waals surface area contributed by atoms with Crippen LogP contribution in [0.15, 0.2) is 54.8 Å². The zero-order valence-electron chi connectivity index (χ0n) is 17.3. The zero-order valence-corrected chi connectivity index (χ0v) is 18.1. The minimum atomic E-state index is -3.67. The van der Waals surface area contributed by atoms with E-state index in [1.54, 1.807) is 46.0 Å². The van der Waals surface area contributed by atoms with E-state index in [1.165, 1.54) is 3.97 Å². The van der Waals surface area contributed by atoms with Crippen molar-refractivity contribution in [3.63, 3.8) is 0 Å². The normalized spacial score (nSPS) is 19.4. The van der Waals surface area contributed by atoms with Crippen LogP contribution in [0.3, 0.4) is 0 Å². The number of nitrogens with zero attached hydrogens (tertiary/aromatic N) is 1. The van der Waals surface area contributed by atoms with Crippen molar-refractivity contribution in [1.82, 2.24) is 9.29 Å². The van der Waals surface area contributed by atoms with Crippen LogP contribution in [0.2, 0.25) is 0 Å². The molecule has 29 heavy (non-hydrogen) atoms. The van der Waals surface area contributed by atoms with Gasteiger partial charge in [-0.25, -0.2) is 17.2 Å². The molecule has 0 spiro atoms. The first kappa shape index (κ1) is 21.2. The lowest BCUT2D eigenvalue weighted by Crippen LogP contribution is -2.37. The van der Waals surface area contributed by atoms with Gasteiger partial charge >= 0.3 is 6.09 Å². The molecule has 1 N–H and O–H groups in total. The van der Waals surface area contributed by atoms with E-state index in [1.807, 2.05) is 36.4 Å². The molecule has 1 heterocycles. The van der Waals surface area contributed by atoms with Crippen LogP contribution in [0.25, 0.3) is 10.9 Å². The number of amides is 1. The topological polar surface area (TPSA) is 77.4 Å². The van der Waals surface area contributed by atoms with E-state index >= 15 is 0 Å². The summed E-state index contributed by atoms with van der Waals surface area (Å²) in [6.45, 7) is 7.51. The molecule has 0 bridgehead atoms. The van der Waals surface area contributed by atoms with Crippen LogP contribution in [0.4, 0.5) is 4.79 Å². The number of hydrogen-bond donors (Lipinski definition) is 1. The maximum Gasteiger partial charge on any atom is 0.407 e. The Hall–Kier alpha value is -2.54. The van der Waals surface area contributed by atoms with Crippen LogP contribution >= 0.6 is 0 Å². The van der Waals surface area contributed by atoms with Crippen molar-refractivity contribution >= 4 is 27.0 Å². The molecule has 2 aromatic rings. The molecule has 6 nitrogen and oxygen atoms in total. The lowest BCUT2D eigenvalue weighted by molar-refractivity contribution is 0.0528. The van der Waals surface area contributed by atoms with Crippen molar-refractivity contribution in [2.24, 2.45) is 0 Å². The van der Waals surface area contributed by atoms with Crippen molar-refractivity contribution in [3.05, 3.63) is 60.3 Å². The second-order valence-electron chi connectivity index (χ2n) is 8.46.